The van der Waals surface area contributed by atoms with Crippen LogP contribution in [0.2, 0.25) is 0 Å². The first kappa shape index (κ1) is 13.3. The van der Waals surface area contributed by atoms with Gasteiger partial charge in [-0.3, -0.25) is 4.98 Å². The van der Waals surface area contributed by atoms with E-state index in [2.05, 4.69) is 16.0 Å². The highest BCUT2D eigenvalue weighted by molar-refractivity contribution is 5.85. The molecule has 17 heavy (non-hydrogen) atoms. The molecule has 4 heteroatoms. The van der Waals surface area contributed by atoms with Gasteiger partial charge in [-0.15, -0.1) is 12.4 Å². The molecule has 2 rings (SSSR count). The Morgan fingerprint density at radius 2 is 2.29 bits per heavy atom. The highest BCUT2D eigenvalue weighted by atomic mass is 35.5. The molecule has 0 saturated carbocycles. The lowest BCUT2D eigenvalue weighted by atomic mass is 10.2. The molecular weight excluding hydrogens is 234 g/mol. The predicted molar refractivity (Wildman–Crippen MR) is 69.6 cm³/mol. The van der Waals surface area contributed by atoms with Crippen molar-refractivity contribution in [3.8, 4) is 6.07 Å². The summed E-state index contributed by atoms with van der Waals surface area (Å²) in [6.07, 6.45) is 8.51. The molecule has 0 aromatic carbocycles. The van der Waals surface area contributed by atoms with Crippen molar-refractivity contribution in [2.75, 3.05) is 13.1 Å². The van der Waals surface area contributed by atoms with Gasteiger partial charge < -0.3 is 4.90 Å². The molecule has 2 heterocycles. The number of aromatic nitrogens is 1. The maximum absolute atomic E-state index is 8.69. The summed E-state index contributed by atoms with van der Waals surface area (Å²) < 4.78 is 0. The van der Waals surface area contributed by atoms with Crippen LogP contribution in [-0.2, 0) is 6.42 Å². The van der Waals surface area contributed by atoms with Gasteiger partial charge in [0.05, 0.1) is 11.6 Å². The summed E-state index contributed by atoms with van der Waals surface area (Å²) in [5.41, 5.74) is 1.85. The van der Waals surface area contributed by atoms with E-state index >= 15 is 0 Å². The van der Waals surface area contributed by atoms with Crippen LogP contribution in [0.5, 0.6) is 0 Å². The van der Waals surface area contributed by atoms with Crippen molar-refractivity contribution in [3.05, 3.63) is 54.0 Å². The molecule has 0 N–H and O–H groups in total. The molecule has 0 saturated heterocycles. The zero-order valence-corrected chi connectivity index (χ0v) is 10.2. The standard InChI is InChI=1S/C13H13N3.ClH/c14-11-12-4-8-16(9-5-12)10-6-13-3-1-2-7-15-13;/h1-5,7-8H,6,9-10H2;1H. The van der Waals surface area contributed by atoms with Crippen LogP contribution in [0.4, 0.5) is 0 Å². The fraction of sp³-hybridized carbons (Fsp3) is 0.231. The molecule has 0 radical (unpaired) electrons. The highest BCUT2D eigenvalue weighted by Crippen LogP contribution is 2.06. The second-order valence-corrected chi connectivity index (χ2v) is 3.65. The maximum Gasteiger partial charge on any atom is 0.0989 e. The lowest BCUT2D eigenvalue weighted by Crippen LogP contribution is -2.22. The Bertz CT molecular complexity index is 445. The molecule has 1 aliphatic heterocycles. The zero-order valence-electron chi connectivity index (χ0n) is 9.41. The summed E-state index contributed by atoms with van der Waals surface area (Å²) >= 11 is 0. The van der Waals surface area contributed by atoms with Crippen LogP contribution in [0.15, 0.2) is 48.3 Å². The quantitative estimate of drug-likeness (QED) is 0.823. The van der Waals surface area contributed by atoms with Crippen molar-refractivity contribution < 1.29 is 0 Å². The fourth-order valence-corrected chi connectivity index (χ4v) is 1.58. The van der Waals surface area contributed by atoms with E-state index < -0.39 is 0 Å². The molecule has 1 aliphatic rings. The van der Waals surface area contributed by atoms with Crippen molar-refractivity contribution in [1.29, 1.82) is 5.26 Å². The molecule has 0 amide bonds. The Morgan fingerprint density at radius 1 is 1.41 bits per heavy atom. The molecule has 0 spiro atoms. The van der Waals surface area contributed by atoms with E-state index in [1.54, 1.807) is 0 Å². The van der Waals surface area contributed by atoms with E-state index in [9.17, 15) is 0 Å². The van der Waals surface area contributed by atoms with E-state index in [0.29, 0.717) is 0 Å². The molecule has 0 aliphatic carbocycles. The third kappa shape index (κ3) is 3.93. The van der Waals surface area contributed by atoms with Crippen LogP contribution in [0, 0.1) is 11.3 Å². The SMILES string of the molecule is Cl.N#CC1=CCN(CCc2ccccn2)C=C1. The van der Waals surface area contributed by atoms with Crippen LogP contribution in [-0.4, -0.2) is 23.0 Å². The van der Waals surface area contributed by atoms with Gasteiger partial charge in [-0.05, 0) is 24.3 Å². The Kier molecular flexibility index (Phi) is 5.25. The van der Waals surface area contributed by atoms with Crippen LogP contribution in [0.3, 0.4) is 0 Å². The smallest absolute Gasteiger partial charge is 0.0989 e. The van der Waals surface area contributed by atoms with Crippen molar-refractivity contribution in [2.24, 2.45) is 0 Å². The number of halogens is 1. The van der Waals surface area contributed by atoms with Gasteiger partial charge in [0, 0.05) is 37.6 Å². The van der Waals surface area contributed by atoms with Crippen LogP contribution < -0.4 is 0 Å². The third-order valence-corrected chi connectivity index (χ3v) is 2.52. The number of allylic oxidation sites excluding steroid dienone is 2. The van der Waals surface area contributed by atoms with E-state index in [0.717, 1.165) is 30.8 Å². The first-order chi connectivity index (χ1) is 7.88. The minimum atomic E-state index is 0. The summed E-state index contributed by atoms with van der Waals surface area (Å²) in [6.45, 7) is 1.74. The van der Waals surface area contributed by atoms with Gasteiger partial charge in [-0.25, -0.2) is 0 Å². The maximum atomic E-state index is 8.69. The summed E-state index contributed by atoms with van der Waals surface area (Å²) in [5.74, 6) is 0. The molecule has 0 fully saturated rings. The third-order valence-electron chi connectivity index (χ3n) is 2.52. The van der Waals surface area contributed by atoms with Crippen molar-refractivity contribution in [3.63, 3.8) is 0 Å². The Morgan fingerprint density at radius 3 is 2.88 bits per heavy atom. The number of nitriles is 1. The summed E-state index contributed by atoms with van der Waals surface area (Å²) in [4.78, 5) is 6.45. The number of pyridine rings is 1. The van der Waals surface area contributed by atoms with Gasteiger partial charge >= 0.3 is 0 Å². The van der Waals surface area contributed by atoms with Gasteiger partial charge in [0.15, 0.2) is 0 Å². The number of nitrogens with zero attached hydrogens (tertiary/aromatic N) is 3. The normalized spacial score (nSPS) is 13.6. The second-order valence-electron chi connectivity index (χ2n) is 3.65. The average molecular weight is 248 g/mol. The van der Waals surface area contributed by atoms with Gasteiger partial charge in [-0.1, -0.05) is 6.07 Å². The van der Waals surface area contributed by atoms with Crippen molar-refractivity contribution >= 4 is 12.4 Å². The van der Waals surface area contributed by atoms with E-state index in [4.69, 9.17) is 5.26 Å². The highest BCUT2D eigenvalue weighted by Gasteiger charge is 2.04. The summed E-state index contributed by atoms with van der Waals surface area (Å²) in [5, 5.41) is 8.69. The van der Waals surface area contributed by atoms with Crippen LogP contribution >= 0.6 is 12.4 Å². The molecule has 0 bridgehead atoms. The summed E-state index contributed by atoms with van der Waals surface area (Å²) in [6, 6.07) is 8.09. The van der Waals surface area contributed by atoms with Gasteiger partial charge in [0.1, 0.15) is 0 Å². The van der Waals surface area contributed by atoms with Crippen LogP contribution in [0.1, 0.15) is 5.69 Å². The lowest BCUT2D eigenvalue weighted by molar-refractivity contribution is 0.413. The number of rotatable bonds is 3. The van der Waals surface area contributed by atoms with Crippen molar-refractivity contribution in [2.45, 2.75) is 6.42 Å². The summed E-state index contributed by atoms with van der Waals surface area (Å²) in [7, 11) is 0. The monoisotopic (exact) mass is 247 g/mol. The van der Waals surface area contributed by atoms with Crippen LogP contribution in [0.25, 0.3) is 0 Å². The minimum Gasteiger partial charge on any atom is -0.373 e. The molecular formula is C13H14ClN3. The van der Waals surface area contributed by atoms with Gasteiger partial charge in [-0.2, -0.15) is 5.26 Å². The molecule has 1 aromatic heterocycles. The number of hydrogen-bond donors (Lipinski definition) is 0. The first-order valence-corrected chi connectivity index (χ1v) is 5.31. The van der Waals surface area contributed by atoms with Crippen molar-refractivity contribution in [1.82, 2.24) is 9.88 Å². The lowest BCUT2D eigenvalue weighted by Gasteiger charge is -2.20. The van der Waals surface area contributed by atoms with E-state index in [-0.39, 0.29) is 12.4 Å². The van der Waals surface area contributed by atoms with E-state index in [1.807, 2.05) is 42.7 Å². The number of hydrogen-bond acceptors (Lipinski definition) is 3. The topological polar surface area (TPSA) is 39.9 Å². The second kappa shape index (κ2) is 6.72. The molecule has 3 nitrogen and oxygen atoms in total. The van der Waals surface area contributed by atoms with Gasteiger partial charge in [0.2, 0.25) is 0 Å². The predicted octanol–water partition coefficient (Wildman–Crippen LogP) is 2.33. The minimum absolute atomic E-state index is 0. The Balaban J connectivity index is 0.00000144. The molecule has 0 atom stereocenters. The largest absolute Gasteiger partial charge is 0.373 e. The Labute approximate surface area is 107 Å². The van der Waals surface area contributed by atoms with E-state index in [1.165, 1.54) is 0 Å². The Hall–Kier alpha value is -1.79. The molecule has 0 unspecified atom stereocenters. The zero-order chi connectivity index (χ0) is 11.2. The van der Waals surface area contributed by atoms with Gasteiger partial charge in [0.25, 0.3) is 0 Å². The molecule has 1 aromatic rings. The molecule has 88 valence electrons. The fourth-order valence-electron chi connectivity index (χ4n) is 1.58. The first-order valence-electron chi connectivity index (χ1n) is 5.31. The average Bonchev–Trinajstić information content (AvgIpc) is 2.38.